The van der Waals surface area contributed by atoms with E-state index in [2.05, 4.69) is 15.6 Å². The highest BCUT2D eigenvalue weighted by molar-refractivity contribution is 6.31. The zero-order valence-corrected chi connectivity index (χ0v) is 17.6. The molecule has 0 atom stereocenters. The lowest BCUT2D eigenvalue weighted by Gasteiger charge is -2.13. The lowest BCUT2D eigenvalue weighted by atomic mass is 10.1. The van der Waals surface area contributed by atoms with Crippen LogP contribution in [0.3, 0.4) is 0 Å². The number of hydrogen-bond donors (Lipinski definition) is 2. The number of aryl methyl sites for hydroxylation is 1. The molecular weight excluding hydrogens is 439 g/mol. The number of amides is 1. The molecule has 2 N–H and O–H groups in total. The highest BCUT2D eigenvalue weighted by atomic mass is 35.5. The Labute approximate surface area is 187 Å². The van der Waals surface area contributed by atoms with Crippen molar-refractivity contribution in [2.75, 3.05) is 10.6 Å². The third-order valence-electron chi connectivity index (χ3n) is 4.82. The number of rotatable bonds is 4. The molecule has 0 radical (unpaired) electrons. The van der Waals surface area contributed by atoms with Crippen LogP contribution >= 0.6 is 11.6 Å². The van der Waals surface area contributed by atoms with Gasteiger partial charge in [0.1, 0.15) is 5.82 Å². The van der Waals surface area contributed by atoms with Gasteiger partial charge in [0.15, 0.2) is 0 Å². The molecule has 1 aromatic heterocycles. The molecule has 4 aromatic rings. The third-order valence-corrected chi connectivity index (χ3v) is 5.06. The van der Waals surface area contributed by atoms with E-state index in [1.54, 1.807) is 54.6 Å². The van der Waals surface area contributed by atoms with Crippen molar-refractivity contribution >= 4 is 45.6 Å². The fraction of sp³-hybridized carbons (Fsp3) is 0.0833. The maximum absolute atomic E-state index is 13.0. The number of aromatic nitrogens is 1. The molecule has 0 saturated carbocycles. The highest BCUT2D eigenvalue weighted by Crippen LogP contribution is 2.32. The first-order valence-electron chi connectivity index (χ1n) is 9.62. The second kappa shape index (κ2) is 8.51. The molecule has 32 heavy (non-hydrogen) atoms. The van der Waals surface area contributed by atoms with E-state index >= 15 is 0 Å². The van der Waals surface area contributed by atoms with Gasteiger partial charge in [-0.05, 0) is 73.2 Å². The molecule has 1 amide bonds. The van der Waals surface area contributed by atoms with Gasteiger partial charge in [0.25, 0.3) is 5.91 Å². The average molecular weight is 456 g/mol. The molecule has 0 aliphatic rings. The Bertz CT molecular complexity index is 1320. The maximum atomic E-state index is 13.0. The zero-order chi connectivity index (χ0) is 22.9. The van der Waals surface area contributed by atoms with Crippen molar-refractivity contribution in [2.24, 2.45) is 0 Å². The Hall–Kier alpha value is -3.58. The van der Waals surface area contributed by atoms with Crippen molar-refractivity contribution in [2.45, 2.75) is 13.1 Å². The van der Waals surface area contributed by atoms with Crippen LogP contribution in [0.15, 0.2) is 72.8 Å². The number of carbonyl (C=O) groups is 1. The molecule has 0 aliphatic carbocycles. The topological polar surface area (TPSA) is 54.0 Å². The fourth-order valence-electron chi connectivity index (χ4n) is 3.29. The summed E-state index contributed by atoms with van der Waals surface area (Å²) in [5.41, 5.74) is 2.07. The summed E-state index contributed by atoms with van der Waals surface area (Å²) in [6, 6.07) is 18.6. The summed E-state index contributed by atoms with van der Waals surface area (Å²) in [4.78, 5) is 17.0. The van der Waals surface area contributed by atoms with Crippen LogP contribution in [0, 0.1) is 6.92 Å². The molecule has 0 spiro atoms. The van der Waals surface area contributed by atoms with E-state index in [1.807, 2.05) is 6.92 Å². The summed E-state index contributed by atoms with van der Waals surface area (Å²) >= 11 is 5.94. The molecule has 4 nitrogen and oxygen atoms in total. The number of hydrogen-bond acceptors (Lipinski definition) is 3. The lowest BCUT2D eigenvalue weighted by molar-refractivity contribution is -0.137. The zero-order valence-electron chi connectivity index (χ0n) is 16.8. The first-order valence-corrected chi connectivity index (χ1v) is 9.99. The quantitative estimate of drug-likeness (QED) is 0.342. The second-order valence-electron chi connectivity index (χ2n) is 7.22. The smallest absolute Gasteiger partial charge is 0.340 e. The molecule has 0 aliphatic heterocycles. The van der Waals surface area contributed by atoms with Crippen molar-refractivity contribution in [3.05, 3.63) is 94.5 Å². The van der Waals surface area contributed by atoms with Crippen molar-refractivity contribution in [3.63, 3.8) is 0 Å². The van der Waals surface area contributed by atoms with E-state index in [4.69, 9.17) is 11.6 Å². The SMILES string of the molecule is Cc1cc(Nc2cccc(C(F)(F)F)c2)nc2ccc(NC(=O)c3cccc(Cl)c3)cc12. The van der Waals surface area contributed by atoms with Gasteiger partial charge < -0.3 is 10.6 Å². The van der Waals surface area contributed by atoms with Gasteiger partial charge in [-0.3, -0.25) is 4.79 Å². The van der Waals surface area contributed by atoms with Gasteiger partial charge in [0.05, 0.1) is 11.1 Å². The van der Waals surface area contributed by atoms with E-state index in [0.29, 0.717) is 27.6 Å². The van der Waals surface area contributed by atoms with Gasteiger partial charge in [-0.1, -0.05) is 23.7 Å². The molecule has 1 heterocycles. The summed E-state index contributed by atoms with van der Waals surface area (Å²) in [6.07, 6.45) is -4.42. The van der Waals surface area contributed by atoms with Gasteiger partial charge >= 0.3 is 6.18 Å². The van der Waals surface area contributed by atoms with Crippen LogP contribution in [0.5, 0.6) is 0 Å². The Morgan fingerprint density at radius 2 is 1.72 bits per heavy atom. The molecular formula is C24H17ClF3N3O. The van der Waals surface area contributed by atoms with Crippen LogP contribution in [0.25, 0.3) is 10.9 Å². The van der Waals surface area contributed by atoms with Gasteiger partial charge in [0, 0.05) is 27.3 Å². The van der Waals surface area contributed by atoms with Crippen LogP contribution in [0.2, 0.25) is 5.02 Å². The van der Waals surface area contributed by atoms with Gasteiger partial charge in [-0.25, -0.2) is 4.98 Å². The largest absolute Gasteiger partial charge is 0.416 e. The predicted molar refractivity (Wildman–Crippen MR) is 121 cm³/mol. The number of halogens is 4. The molecule has 4 rings (SSSR count). The van der Waals surface area contributed by atoms with Crippen LogP contribution in [0.1, 0.15) is 21.5 Å². The number of anilines is 3. The van der Waals surface area contributed by atoms with Crippen molar-refractivity contribution in [1.82, 2.24) is 4.98 Å². The number of nitrogens with zero attached hydrogens (tertiary/aromatic N) is 1. The number of benzene rings is 3. The van der Waals surface area contributed by atoms with E-state index in [-0.39, 0.29) is 11.6 Å². The average Bonchev–Trinajstić information content (AvgIpc) is 2.74. The Morgan fingerprint density at radius 3 is 2.47 bits per heavy atom. The molecule has 0 unspecified atom stereocenters. The van der Waals surface area contributed by atoms with Crippen LogP contribution in [0.4, 0.5) is 30.4 Å². The third kappa shape index (κ3) is 4.84. The summed E-state index contributed by atoms with van der Waals surface area (Å²) in [5.74, 6) is 0.130. The summed E-state index contributed by atoms with van der Waals surface area (Å²) in [5, 5.41) is 7.04. The number of alkyl halides is 3. The molecule has 8 heteroatoms. The first-order chi connectivity index (χ1) is 15.2. The van der Waals surface area contributed by atoms with Crippen molar-refractivity contribution in [3.8, 4) is 0 Å². The molecule has 0 saturated heterocycles. The first kappa shape index (κ1) is 21.6. The Kier molecular flexibility index (Phi) is 5.76. The van der Waals surface area contributed by atoms with Crippen LogP contribution in [-0.4, -0.2) is 10.9 Å². The number of pyridine rings is 1. The number of fused-ring (bicyclic) bond motifs is 1. The lowest BCUT2D eigenvalue weighted by Crippen LogP contribution is -2.11. The van der Waals surface area contributed by atoms with Crippen LogP contribution < -0.4 is 10.6 Å². The highest BCUT2D eigenvalue weighted by Gasteiger charge is 2.30. The summed E-state index contributed by atoms with van der Waals surface area (Å²) < 4.78 is 38.9. The monoisotopic (exact) mass is 455 g/mol. The molecule has 0 bridgehead atoms. The minimum absolute atomic E-state index is 0.288. The minimum atomic E-state index is -4.42. The molecule has 3 aromatic carbocycles. The van der Waals surface area contributed by atoms with E-state index < -0.39 is 11.7 Å². The van der Waals surface area contributed by atoms with Crippen LogP contribution in [-0.2, 0) is 6.18 Å². The molecule has 162 valence electrons. The number of nitrogens with one attached hydrogen (secondary N) is 2. The normalized spacial score (nSPS) is 11.4. The Balaban J connectivity index is 1.58. The summed E-state index contributed by atoms with van der Waals surface area (Å²) in [7, 11) is 0. The maximum Gasteiger partial charge on any atom is 0.416 e. The standard InChI is InChI=1S/C24H17ClF3N3O/c1-14-10-22(29-18-7-3-5-16(12-18)24(26,27)28)31-21-9-8-19(13-20(14)21)30-23(32)15-4-2-6-17(25)11-15/h2-13H,1H3,(H,29,31)(H,30,32). The van der Waals surface area contributed by atoms with E-state index in [0.717, 1.165) is 23.1 Å². The fourth-order valence-corrected chi connectivity index (χ4v) is 3.48. The van der Waals surface area contributed by atoms with Crippen molar-refractivity contribution in [1.29, 1.82) is 0 Å². The van der Waals surface area contributed by atoms with Crippen molar-refractivity contribution < 1.29 is 18.0 Å². The van der Waals surface area contributed by atoms with Gasteiger partial charge in [-0.15, -0.1) is 0 Å². The van der Waals surface area contributed by atoms with Gasteiger partial charge in [-0.2, -0.15) is 13.2 Å². The van der Waals surface area contributed by atoms with E-state index in [9.17, 15) is 18.0 Å². The Morgan fingerprint density at radius 1 is 0.938 bits per heavy atom. The summed E-state index contributed by atoms with van der Waals surface area (Å²) in [6.45, 7) is 1.86. The second-order valence-corrected chi connectivity index (χ2v) is 7.66. The molecule has 0 fully saturated rings. The van der Waals surface area contributed by atoms with Gasteiger partial charge in [0.2, 0.25) is 0 Å². The minimum Gasteiger partial charge on any atom is -0.340 e. The predicted octanol–water partition coefficient (Wildman–Crippen LogP) is 7.21. The number of carbonyl (C=O) groups excluding carboxylic acids is 1. The van der Waals surface area contributed by atoms with E-state index in [1.165, 1.54) is 6.07 Å².